The lowest BCUT2D eigenvalue weighted by molar-refractivity contribution is -0.385. The molecule has 114 valence electrons. The van der Waals surface area contributed by atoms with Crippen molar-refractivity contribution < 1.29 is 9.72 Å². The van der Waals surface area contributed by atoms with E-state index in [0.717, 1.165) is 19.4 Å². The Morgan fingerprint density at radius 1 is 1.48 bits per heavy atom. The van der Waals surface area contributed by atoms with Crippen LogP contribution in [0.5, 0.6) is 0 Å². The van der Waals surface area contributed by atoms with Crippen molar-refractivity contribution in [3.8, 4) is 0 Å². The number of carbonyl (C=O) groups excluding carboxylic acids is 1. The van der Waals surface area contributed by atoms with Gasteiger partial charge in [-0.3, -0.25) is 19.8 Å². The van der Waals surface area contributed by atoms with Gasteiger partial charge >= 0.3 is 0 Å². The smallest absolute Gasteiger partial charge is 0.274 e. The molecule has 0 radical (unpaired) electrons. The normalized spacial score (nSPS) is 19.2. The number of nitrogens with one attached hydrogen (secondary N) is 1. The highest BCUT2D eigenvalue weighted by Crippen LogP contribution is 2.22. The van der Waals surface area contributed by atoms with Crippen LogP contribution >= 0.6 is 0 Å². The maximum Gasteiger partial charge on any atom is 0.274 e. The Kier molecular flexibility index (Phi) is 4.90. The lowest BCUT2D eigenvalue weighted by atomic mass is 10.0. The number of hydrogen-bond acceptors (Lipinski definition) is 4. The summed E-state index contributed by atoms with van der Waals surface area (Å²) in [6.45, 7) is 5.08. The van der Waals surface area contributed by atoms with E-state index in [9.17, 15) is 14.9 Å². The first-order valence-corrected chi connectivity index (χ1v) is 7.26. The fraction of sp³-hybridized carbons (Fsp3) is 0.533. The second kappa shape index (κ2) is 6.67. The van der Waals surface area contributed by atoms with Crippen molar-refractivity contribution in [3.63, 3.8) is 0 Å². The number of benzene rings is 1. The van der Waals surface area contributed by atoms with Crippen LogP contribution in [-0.2, 0) is 4.79 Å². The highest BCUT2D eigenvalue weighted by Gasteiger charge is 2.21. The summed E-state index contributed by atoms with van der Waals surface area (Å²) in [5, 5.41) is 13.7. The van der Waals surface area contributed by atoms with E-state index in [0.29, 0.717) is 23.8 Å². The number of rotatable bonds is 4. The van der Waals surface area contributed by atoms with Crippen molar-refractivity contribution >= 4 is 17.3 Å². The highest BCUT2D eigenvalue weighted by atomic mass is 16.6. The predicted octanol–water partition coefficient (Wildman–Crippen LogP) is 2.72. The molecule has 1 aliphatic heterocycles. The average molecular weight is 291 g/mol. The minimum atomic E-state index is -0.433. The van der Waals surface area contributed by atoms with Gasteiger partial charge in [0.2, 0.25) is 5.91 Å². The predicted molar refractivity (Wildman–Crippen MR) is 81.3 cm³/mol. The van der Waals surface area contributed by atoms with E-state index in [-0.39, 0.29) is 11.6 Å². The van der Waals surface area contributed by atoms with E-state index in [2.05, 4.69) is 17.1 Å². The number of anilines is 1. The van der Waals surface area contributed by atoms with E-state index < -0.39 is 4.92 Å². The topological polar surface area (TPSA) is 75.5 Å². The fourth-order valence-corrected chi connectivity index (χ4v) is 2.66. The molecule has 0 spiro atoms. The standard InChI is InChI=1S/C15H21N3O3/c1-11-6-7-13(9-14(11)18(20)21)16-15(19)10-17-8-4-3-5-12(17)2/h6-7,9,12H,3-5,8,10H2,1-2H3,(H,16,19). The van der Waals surface area contributed by atoms with Crippen molar-refractivity contribution in [2.45, 2.75) is 39.2 Å². The average Bonchev–Trinajstić information content (AvgIpc) is 2.43. The van der Waals surface area contributed by atoms with Gasteiger partial charge in [-0.05, 0) is 39.3 Å². The van der Waals surface area contributed by atoms with E-state index in [1.54, 1.807) is 19.1 Å². The Bertz CT molecular complexity index is 545. The SMILES string of the molecule is Cc1ccc(NC(=O)CN2CCCCC2C)cc1[N+](=O)[O-]. The first kappa shape index (κ1) is 15.4. The maximum absolute atomic E-state index is 12.1. The van der Waals surface area contributed by atoms with Crippen molar-refractivity contribution in [3.05, 3.63) is 33.9 Å². The Morgan fingerprint density at radius 3 is 2.90 bits per heavy atom. The first-order valence-electron chi connectivity index (χ1n) is 7.26. The quantitative estimate of drug-likeness (QED) is 0.683. The molecule has 6 nitrogen and oxygen atoms in total. The summed E-state index contributed by atoms with van der Waals surface area (Å²) in [6, 6.07) is 5.17. The summed E-state index contributed by atoms with van der Waals surface area (Å²) >= 11 is 0. The molecule has 1 heterocycles. The van der Waals surface area contributed by atoms with Crippen molar-refractivity contribution in [2.75, 3.05) is 18.4 Å². The Hall–Kier alpha value is -1.95. The summed E-state index contributed by atoms with van der Waals surface area (Å²) in [4.78, 5) is 24.7. The van der Waals surface area contributed by atoms with Gasteiger partial charge in [0.1, 0.15) is 0 Å². The van der Waals surface area contributed by atoms with Gasteiger partial charge in [-0.15, -0.1) is 0 Å². The number of nitro benzene ring substituents is 1. The van der Waals surface area contributed by atoms with Crippen molar-refractivity contribution in [2.24, 2.45) is 0 Å². The van der Waals surface area contributed by atoms with Gasteiger partial charge in [0.05, 0.1) is 11.5 Å². The number of nitro groups is 1. The molecule has 1 aromatic carbocycles. The third-order valence-electron chi connectivity index (χ3n) is 3.98. The fourth-order valence-electron chi connectivity index (χ4n) is 2.66. The summed E-state index contributed by atoms with van der Waals surface area (Å²) in [5.41, 5.74) is 1.09. The molecule has 0 bridgehead atoms. The summed E-state index contributed by atoms with van der Waals surface area (Å²) in [6.07, 6.45) is 3.44. The lowest BCUT2D eigenvalue weighted by Gasteiger charge is -2.32. The van der Waals surface area contributed by atoms with Crippen LogP contribution in [0.1, 0.15) is 31.7 Å². The number of likely N-dealkylation sites (tertiary alicyclic amines) is 1. The third kappa shape index (κ3) is 4.01. The second-order valence-corrected chi connectivity index (χ2v) is 5.62. The number of hydrogen-bond donors (Lipinski definition) is 1. The highest BCUT2D eigenvalue weighted by molar-refractivity contribution is 5.92. The Labute approximate surface area is 124 Å². The maximum atomic E-state index is 12.1. The van der Waals surface area contributed by atoms with Gasteiger partial charge in [0.25, 0.3) is 5.69 Å². The zero-order chi connectivity index (χ0) is 15.4. The molecule has 1 aromatic rings. The molecule has 1 fully saturated rings. The molecular formula is C15H21N3O3. The summed E-state index contributed by atoms with van der Waals surface area (Å²) in [5.74, 6) is -0.123. The summed E-state index contributed by atoms with van der Waals surface area (Å²) < 4.78 is 0. The molecule has 1 atom stereocenters. The van der Waals surface area contributed by atoms with Gasteiger partial charge < -0.3 is 5.32 Å². The number of aryl methyl sites for hydroxylation is 1. The van der Waals surface area contributed by atoms with Crippen LogP contribution in [0.4, 0.5) is 11.4 Å². The van der Waals surface area contributed by atoms with E-state index in [1.807, 2.05) is 0 Å². The molecule has 0 saturated carbocycles. The van der Waals surface area contributed by atoms with Crippen LogP contribution in [0.2, 0.25) is 0 Å². The van der Waals surface area contributed by atoms with Gasteiger partial charge in [0.15, 0.2) is 0 Å². The number of piperidine rings is 1. The van der Waals surface area contributed by atoms with Crippen LogP contribution in [0.25, 0.3) is 0 Å². The van der Waals surface area contributed by atoms with Crippen LogP contribution in [-0.4, -0.2) is 34.9 Å². The monoisotopic (exact) mass is 291 g/mol. The van der Waals surface area contributed by atoms with Gasteiger partial charge in [-0.1, -0.05) is 12.5 Å². The zero-order valence-corrected chi connectivity index (χ0v) is 12.5. The van der Waals surface area contributed by atoms with E-state index in [1.165, 1.54) is 12.5 Å². The van der Waals surface area contributed by atoms with Crippen molar-refractivity contribution in [1.29, 1.82) is 0 Å². The minimum Gasteiger partial charge on any atom is -0.325 e. The number of amides is 1. The number of carbonyl (C=O) groups is 1. The van der Waals surface area contributed by atoms with Crippen LogP contribution < -0.4 is 5.32 Å². The summed E-state index contributed by atoms with van der Waals surface area (Å²) in [7, 11) is 0. The number of nitrogens with zero attached hydrogens (tertiary/aromatic N) is 2. The molecule has 0 aromatic heterocycles. The molecular weight excluding hydrogens is 270 g/mol. The zero-order valence-electron chi connectivity index (χ0n) is 12.5. The molecule has 1 aliphatic rings. The lowest BCUT2D eigenvalue weighted by Crippen LogP contribution is -2.42. The first-order chi connectivity index (χ1) is 9.97. The van der Waals surface area contributed by atoms with Crippen LogP contribution in [0, 0.1) is 17.0 Å². The van der Waals surface area contributed by atoms with Crippen LogP contribution in [0.3, 0.4) is 0 Å². The van der Waals surface area contributed by atoms with Crippen LogP contribution in [0.15, 0.2) is 18.2 Å². The minimum absolute atomic E-state index is 0.0270. The molecule has 0 aliphatic carbocycles. The van der Waals surface area contributed by atoms with Gasteiger partial charge in [-0.2, -0.15) is 0 Å². The Balaban J connectivity index is 1.99. The molecule has 1 unspecified atom stereocenters. The molecule has 6 heteroatoms. The molecule has 2 rings (SSSR count). The second-order valence-electron chi connectivity index (χ2n) is 5.62. The Morgan fingerprint density at radius 2 is 2.24 bits per heavy atom. The van der Waals surface area contributed by atoms with Gasteiger partial charge in [-0.25, -0.2) is 0 Å². The molecule has 1 saturated heterocycles. The molecule has 1 N–H and O–H groups in total. The largest absolute Gasteiger partial charge is 0.325 e. The van der Waals surface area contributed by atoms with Crippen molar-refractivity contribution in [1.82, 2.24) is 4.90 Å². The third-order valence-corrected chi connectivity index (χ3v) is 3.98. The molecule has 21 heavy (non-hydrogen) atoms. The van der Waals surface area contributed by atoms with Gasteiger partial charge in [0, 0.05) is 23.4 Å². The van der Waals surface area contributed by atoms with E-state index >= 15 is 0 Å². The van der Waals surface area contributed by atoms with E-state index in [4.69, 9.17) is 0 Å². The molecule has 1 amide bonds.